The summed E-state index contributed by atoms with van der Waals surface area (Å²) in [6, 6.07) is 1.79. The zero-order chi connectivity index (χ0) is 13.9. The third-order valence-corrected chi connectivity index (χ3v) is 2.41. The van der Waals surface area contributed by atoms with Gasteiger partial charge in [0.1, 0.15) is 23.2 Å². The fraction of sp³-hybridized carbons (Fsp3) is 0.333. The second kappa shape index (κ2) is 5.57. The lowest BCUT2D eigenvalue weighted by atomic mass is 10.0. The Morgan fingerprint density at radius 3 is 2.11 bits per heavy atom. The van der Waals surface area contributed by atoms with Gasteiger partial charge in [-0.2, -0.15) is 0 Å². The summed E-state index contributed by atoms with van der Waals surface area (Å²) in [6.45, 7) is 3.16. The van der Waals surface area contributed by atoms with Crippen LogP contribution in [0, 0.1) is 17.6 Å². The van der Waals surface area contributed by atoms with Crippen molar-refractivity contribution in [3.63, 3.8) is 0 Å². The number of carbonyl (C=O) groups excluding carboxylic acids is 1. The molecule has 0 saturated carbocycles. The van der Waals surface area contributed by atoms with Crippen molar-refractivity contribution in [1.29, 1.82) is 0 Å². The van der Waals surface area contributed by atoms with E-state index >= 15 is 0 Å². The van der Waals surface area contributed by atoms with Crippen LogP contribution >= 0.6 is 0 Å². The molecule has 0 spiro atoms. The highest BCUT2D eigenvalue weighted by atomic mass is 19.1. The maximum absolute atomic E-state index is 13.3. The molecule has 1 amide bonds. The standard InChI is InChI=1S/C12H13F2NO3/c1-6(2)10(12(17)18)15-11(16)9-7(13)4-3-5-8(9)14/h3-6,10H,1-2H3,(H,15,16)(H,17,18). The van der Waals surface area contributed by atoms with Gasteiger partial charge in [0.15, 0.2) is 0 Å². The van der Waals surface area contributed by atoms with E-state index in [4.69, 9.17) is 5.11 Å². The highest BCUT2D eigenvalue weighted by molar-refractivity contribution is 5.97. The number of rotatable bonds is 4. The molecular weight excluding hydrogens is 244 g/mol. The quantitative estimate of drug-likeness (QED) is 0.864. The van der Waals surface area contributed by atoms with Gasteiger partial charge in [0, 0.05) is 0 Å². The number of halogens is 2. The Morgan fingerprint density at radius 1 is 1.22 bits per heavy atom. The van der Waals surface area contributed by atoms with Crippen molar-refractivity contribution >= 4 is 11.9 Å². The van der Waals surface area contributed by atoms with E-state index in [0.717, 1.165) is 18.2 Å². The van der Waals surface area contributed by atoms with E-state index in [-0.39, 0.29) is 0 Å². The summed E-state index contributed by atoms with van der Waals surface area (Å²) in [5, 5.41) is 11.0. The Kier molecular flexibility index (Phi) is 4.36. The Bertz CT molecular complexity index is 454. The van der Waals surface area contributed by atoms with E-state index in [2.05, 4.69) is 5.32 Å². The predicted molar refractivity (Wildman–Crippen MR) is 60.1 cm³/mol. The molecule has 0 radical (unpaired) electrons. The molecule has 0 aliphatic heterocycles. The summed E-state index contributed by atoms with van der Waals surface area (Å²) in [4.78, 5) is 22.5. The molecular formula is C12H13F2NO3. The molecule has 4 nitrogen and oxygen atoms in total. The molecule has 0 aliphatic carbocycles. The van der Waals surface area contributed by atoms with Gasteiger partial charge in [0.25, 0.3) is 5.91 Å². The molecule has 0 aromatic heterocycles. The van der Waals surface area contributed by atoms with Crippen LogP contribution in [0.1, 0.15) is 24.2 Å². The smallest absolute Gasteiger partial charge is 0.326 e. The van der Waals surface area contributed by atoms with Crippen molar-refractivity contribution in [2.24, 2.45) is 5.92 Å². The summed E-state index contributed by atoms with van der Waals surface area (Å²) in [5.41, 5.74) is -0.774. The van der Waals surface area contributed by atoms with Crippen molar-refractivity contribution in [2.75, 3.05) is 0 Å². The average molecular weight is 257 g/mol. The fourth-order valence-electron chi connectivity index (χ4n) is 1.44. The molecule has 1 aromatic rings. The third-order valence-electron chi connectivity index (χ3n) is 2.41. The Balaban J connectivity index is 2.98. The second-order valence-corrected chi connectivity index (χ2v) is 4.13. The minimum atomic E-state index is -1.25. The summed E-state index contributed by atoms with van der Waals surface area (Å²) in [7, 11) is 0. The van der Waals surface area contributed by atoms with Gasteiger partial charge in [0.05, 0.1) is 0 Å². The third kappa shape index (κ3) is 3.03. The maximum Gasteiger partial charge on any atom is 0.326 e. The van der Waals surface area contributed by atoms with Gasteiger partial charge >= 0.3 is 5.97 Å². The fourth-order valence-corrected chi connectivity index (χ4v) is 1.44. The molecule has 0 aliphatic rings. The summed E-state index contributed by atoms with van der Waals surface area (Å²) >= 11 is 0. The number of carboxylic acids is 1. The topological polar surface area (TPSA) is 66.4 Å². The molecule has 2 N–H and O–H groups in total. The van der Waals surface area contributed by atoms with E-state index in [1.807, 2.05) is 0 Å². The molecule has 98 valence electrons. The summed E-state index contributed by atoms with van der Waals surface area (Å²) in [5.74, 6) is -4.79. The molecule has 0 heterocycles. The van der Waals surface area contributed by atoms with Crippen molar-refractivity contribution in [2.45, 2.75) is 19.9 Å². The lowest BCUT2D eigenvalue weighted by Crippen LogP contribution is -2.44. The first-order chi connectivity index (χ1) is 8.34. The van der Waals surface area contributed by atoms with Crippen LogP contribution in [-0.4, -0.2) is 23.0 Å². The Hall–Kier alpha value is -1.98. The highest BCUT2D eigenvalue weighted by Gasteiger charge is 2.26. The van der Waals surface area contributed by atoms with Gasteiger partial charge in [-0.1, -0.05) is 19.9 Å². The minimum absolute atomic E-state index is 0.402. The molecule has 18 heavy (non-hydrogen) atoms. The lowest BCUT2D eigenvalue weighted by molar-refractivity contribution is -0.140. The van der Waals surface area contributed by atoms with Crippen LogP contribution in [0.5, 0.6) is 0 Å². The Morgan fingerprint density at radius 2 is 1.72 bits per heavy atom. The van der Waals surface area contributed by atoms with E-state index in [9.17, 15) is 18.4 Å². The highest BCUT2D eigenvalue weighted by Crippen LogP contribution is 2.13. The zero-order valence-electron chi connectivity index (χ0n) is 9.91. The lowest BCUT2D eigenvalue weighted by Gasteiger charge is -2.18. The molecule has 1 atom stereocenters. The number of nitrogens with one attached hydrogen (secondary N) is 1. The number of benzene rings is 1. The van der Waals surface area contributed by atoms with E-state index < -0.39 is 41.0 Å². The minimum Gasteiger partial charge on any atom is -0.480 e. The normalized spacial score (nSPS) is 12.3. The summed E-state index contributed by atoms with van der Waals surface area (Å²) < 4.78 is 26.6. The van der Waals surface area contributed by atoms with Crippen molar-refractivity contribution in [3.05, 3.63) is 35.4 Å². The van der Waals surface area contributed by atoms with Gasteiger partial charge in [-0.05, 0) is 18.1 Å². The number of hydrogen-bond donors (Lipinski definition) is 2. The molecule has 1 rings (SSSR count). The second-order valence-electron chi connectivity index (χ2n) is 4.13. The first-order valence-corrected chi connectivity index (χ1v) is 5.32. The van der Waals surface area contributed by atoms with Gasteiger partial charge in [-0.25, -0.2) is 13.6 Å². The van der Waals surface area contributed by atoms with E-state index in [1.54, 1.807) is 13.8 Å². The van der Waals surface area contributed by atoms with Crippen LogP contribution in [-0.2, 0) is 4.79 Å². The van der Waals surface area contributed by atoms with Crippen LogP contribution in [0.2, 0.25) is 0 Å². The van der Waals surface area contributed by atoms with E-state index in [1.165, 1.54) is 0 Å². The zero-order valence-corrected chi connectivity index (χ0v) is 9.91. The molecule has 0 saturated heterocycles. The summed E-state index contributed by atoms with van der Waals surface area (Å²) in [6.07, 6.45) is 0. The largest absolute Gasteiger partial charge is 0.480 e. The molecule has 6 heteroatoms. The number of hydrogen-bond acceptors (Lipinski definition) is 2. The van der Waals surface area contributed by atoms with Crippen molar-refractivity contribution < 1.29 is 23.5 Å². The van der Waals surface area contributed by atoms with Crippen LogP contribution in [0.15, 0.2) is 18.2 Å². The number of carbonyl (C=O) groups is 2. The number of carboxylic acid groups (broad SMARTS) is 1. The first-order valence-electron chi connectivity index (χ1n) is 5.32. The average Bonchev–Trinajstić information content (AvgIpc) is 2.24. The maximum atomic E-state index is 13.3. The number of aliphatic carboxylic acids is 1. The number of amides is 1. The molecule has 1 unspecified atom stereocenters. The molecule has 0 bridgehead atoms. The van der Waals surface area contributed by atoms with Gasteiger partial charge < -0.3 is 10.4 Å². The first kappa shape index (κ1) is 14.1. The monoisotopic (exact) mass is 257 g/mol. The van der Waals surface area contributed by atoms with Crippen LogP contribution in [0.25, 0.3) is 0 Å². The van der Waals surface area contributed by atoms with Gasteiger partial charge in [-0.3, -0.25) is 4.79 Å². The van der Waals surface area contributed by atoms with Crippen molar-refractivity contribution in [3.8, 4) is 0 Å². The molecule has 1 aromatic carbocycles. The van der Waals surface area contributed by atoms with Gasteiger partial charge in [0.2, 0.25) is 0 Å². The van der Waals surface area contributed by atoms with Crippen LogP contribution < -0.4 is 5.32 Å². The molecule has 0 fully saturated rings. The predicted octanol–water partition coefficient (Wildman–Crippen LogP) is 1.80. The van der Waals surface area contributed by atoms with Gasteiger partial charge in [-0.15, -0.1) is 0 Å². The van der Waals surface area contributed by atoms with Crippen molar-refractivity contribution in [1.82, 2.24) is 5.32 Å². The van der Waals surface area contributed by atoms with E-state index in [0.29, 0.717) is 0 Å². The SMILES string of the molecule is CC(C)C(NC(=O)c1c(F)cccc1F)C(=O)O. The van der Waals surface area contributed by atoms with Crippen LogP contribution in [0.3, 0.4) is 0 Å². The van der Waals surface area contributed by atoms with Crippen LogP contribution in [0.4, 0.5) is 8.78 Å². The Labute approximate surface area is 103 Å².